The monoisotopic (exact) mass is 364 g/mol. The first kappa shape index (κ1) is 18.4. The van der Waals surface area contributed by atoms with Crippen molar-refractivity contribution in [1.82, 2.24) is 0 Å². The molecule has 0 unspecified atom stereocenters. The van der Waals surface area contributed by atoms with Gasteiger partial charge in [-0.15, -0.1) is 0 Å². The Kier molecular flexibility index (Phi) is 4.80. The quantitative estimate of drug-likeness (QED) is 0.620. The minimum Gasteiger partial charge on any atom is -0.478 e. The van der Waals surface area contributed by atoms with E-state index < -0.39 is 31.5 Å². The summed E-state index contributed by atoms with van der Waals surface area (Å²) in [4.78, 5) is 21.3. The van der Waals surface area contributed by atoms with Gasteiger partial charge in [0.25, 0.3) is 15.7 Å². The number of benzene rings is 2. The van der Waals surface area contributed by atoms with Crippen LogP contribution in [0.3, 0.4) is 0 Å². The van der Waals surface area contributed by atoms with Gasteiger partial charge in [-0.1, -0.05) is 11.6 Å². The zero-order valence-corrected chi connectivity index (χ0v) is 14.5. The molecule has 0 saturated carbocycles. The van der Waals surface area contributed by atoms with Crippen LogP contribution in [0.4, 0.5) is 11.4 Å². The molecular weight excluding hydrogens is 348 g/mol. The van der Waals surface area contributed by atoms with Gasteiger partial charge >= 0.3 is 5.97 Å². The number of aryl methyl sites for hydroxylation is 3. The minimum atomic E-state index is -4.35. The van der Waals surface area contributed by atoms with E-state index in [1.807, 2.05) is 0 Å². The third-order valence-corrected chi connectivity index (χ3v) is 5.11. The molecule has 0 aliphatic carbocycles. The molecule has 9 heteroatoms. The van der Waals surface area contributed by atoms with Crippen LogP contribution in [0, 0.1) is 30.9 Å². The molecule has 0 amide bonds. The number of carbonyl (C=O) groups is 1. The van der Waals surface area contributed by atoms with E-state index in [2.05, 4.69) is 4.72 Å². The molecule has 132 valence electrons. The second-order valence-corrected chi connectivity index (χ2v) is 7.27. The van der Waals surface area contributed by atoms with E-state index in [9.17, 15) is 28.4 Å². The van der Waals surface area contributed by atoms with Crippen LogP contribution in [0.5, 0.6) is 0 Å². The number of aromatic carboxylic acids is 1. The van der Waals surface area contributed by atoms with Gasteiger partial charge in [0.15, 0.2) is 4.90 Å². The highest BCUT2D eigenvalue weighted by molar-refractivity contribution is 7.92. The van der Waals surface area contributed by atoms with E-state index in [0.29, 0.717) is 16.7 Å². The van der Waals surface area contributed by atoms with Crippen molar-refractivity contribution >= 4 is 27.4 Å². The molecule has 0 bridgehead atoms. The molecule has 2 aromatic carbocycles. The molecule has 8 nitrogen and oxygen atoms in total. The van der Waals surface area contributed by atoms with Gasteiger partial charge in [0.05, 0.1) is 16.2 Å². The number of nitrogens with one attached hydrogen (secondary N) is 1. The number of nitro groups is 1. The van der Waals surface area contributed by atoms with Gasteiger partial charge in [-0.05, 0) is 50.1 Å². The van der Waals surface area contributed by atoms with Crippen LogP contribution in [0.15, 0.2) is 35.2 Å². The van der Waals surface area contributed by atoms with E-state index in [4.69, 9.17) is 0 Å². The Labute approximate surface area is 144 Å². The first-order valence-electron chi connectivity index (χ1n) is 7.15. The predicted octanol–water partition coefficient (Wildman–Crippen LogP) is 3.02. The second-order valence-electron chi connectivity index (χ2n) is 5.62. The van der Waals surface area contributed by atoms with Gasteiger partial charge in [0.1, 0.15) is 0 Å². The summed E-state index contributed by atoms with van der Waals surface area (Å²) >= 11 is 0. The summed E-state index contributed by atoms with van der Waals surface area (Å²) in [5, 5.41) is 20.5. The smallest absolute Gasteiger partial charge is 0.337 e. The second kappa shape index (κ2) is 6.52. The number of hydrogen-bond donors (Lipinski definition) is 2. The molecule has 2 N–H and O–H groups in total. The topological polar surface area (TPSA) is 127 Å². The van der Waals surface area contributed by atoms with Gasteiger partial charge in [-0.3, -0.25) is 14.8 Å². The highest BCUT2D eigenvalue weighted by Gasteiger charge is 2.28. The number of hydrogen-bond acceptors (Lipinski definition) is 5. The lowest BCUT2D eigenvalue weighted by molar-refractivity contribution is -0.387. The van der Waals surface area contributed by atoms with E-state index in [-0.39, 0.29) is 11.3 Å². The molecule has 2 rings (SSSR count). The summed E-state index contributed by atoms with van der Waals surface area (Å²) in [6.07, 6.45) is 0. The molecule has 0 atom stereocenters. The summed E-state index contributed by atoms with van der Waals surface area (Å²) in [7, 11) is -4.35. The van der Waals surface area contributed by atoms with Crippen molar-refractivity contribution in [2.45, 2.75) is 25.7 Å². The third-order valence-electron chi connectivity index (χ3n) is 3.71. The SMILES string of the molecule is Cc1ccc(NS(=O)(=O)c2cc(C)c(C)cc2[N+](=O)[O-])c(C(=O)O)c1. The Morgan fingerprint density at radius 3 is 2.28 bits per heavy atom. The Bertz CT molecular complexity index is 982. The maximum absolute atomic E-state index is 12.6. The number of carboxylic acids is 1. The average Bonchev–Trinajstić information content (AvgIpc) is 2.50. The van der Waals surface area contributed by atoms with E-state index in [0.717, 1.165) is 0 Å². The van der Waals surface area contributed by atoms with Gasteiger partial charge in [0, 0.05) is 6.07 Å². The molecule has 0 heterocycles. The molecular formula is C16H16N2O6S. The molecule has 0 fully saturated rings. The maximum atomic E-state index is 12.6. The van der Waals surface area contributed by atoms with E-state index in [1.165, 1.54) is 24.3 Å². The van der Waals surface area contributed by atoms with Crippen molar-refractivity contribution in [2.24, 2.45) is 0 Å². The lowest BCUT2D eigenvalue weighted by Gasteiger charge is -2.12. The molecule has 0 spiro atoms. The van der Waals surface area contributed by atoms with Crippen LogP contribution in [-0.2, 0) is 10.0 Å². The fourth-order valence-corrected chi connectivity index (χ4v) is 3.57. The highest BCUT2D eigenvalue weighted by Crippen LogP contribution is 2.30. The lowest BCUT2D eigenvalue weighted by Crippen LogP contribution is -2.17. The van der Waals surface area contributed by atoms with E-state index in [1.54, 1.807) is 26.8 Å². The summed E-state index contributed by atoms with van der Waals surface area (Å²) in [5.74, 6) is -1.31. The number of nitrogens with zero attached hydrogens (tertiary/aromatic N) is 1. The van der Waals surface area contributed by atoms with Crippen molar-refractivity contribution in [3.8, 4) is 0 Å². The number of anilines is 1. The number of carboxylic acid groups (broad SMARTS) is 1. The van der Waals surface area contributed by atoms with Crippen LogP contribution >= 0.6 is 0 Å². The molecule has 25 heavy (non-hydrogen) atoms. The fraction of sp³-hybridized carbons (Fsp3) is 0.188. The average molecular weight is 364 g/mol. The third kappa shape index (κ3) is 3.77. The first-order chi connectivity index (χ1) is 11.5. The standard InChI is InChI=1S/C16H16N2O6S/c1-9-4-5-13(12(6-9)16(19)20)17-25(23,24)15-8-11(3)10(2)7-14(15)18(21)22/h4-8,17H,1-3H3,(H,19,20). The van der Waals surface area contributed by atoms with Crippen molar-refractivity contribution in [3.63, 3.8) is 0 Å². The highest BCUT2D eigenvalue weighted by atomic mass is 32.2. The summed E-state index contributed by atoms with van der Waals surface area (Å²) in [6, 6.07) is 6.54. The normalized spacial score (nSPS) is 11.2. The van der Waals surface area contributed by atoms with Gasteiger partial charge in [0.2, 0.25) is 0 Å². The van der Waals surface area contributed by atoms with Crippen molar-refractivity contribution in [1.29, 1.82) is 0 Å². The predicted molar refractivity (Wildman–Crippen MR) is 91.5 cm³/mol. The van der Waals surface area contributed by atoms with Crippen LogP contribution < -0.4 is 4.72 Å². The Morgan fingerprint density at radius 2 is 1.72 bits per heavy atom. The van der Waals surface area contributed by atoms with Crippen molar-refractivity contribution < 1.29 is 23.2 Å². The van der Waals surface area contributed by atoms with Crippen LogP contribution in [0.25, 0.3) is 0 Å². The van der Waals surface area contributed by atoms with Crippen LogP contribution in [0.2, 0.25) is 0 Å². The zero-order valence-electron chi connectivity index (χ0n) is 13.7. The van der Waals surface area contributed by atoms with Gasteiger partial charge in [-0.25, -0.2) is 13.2 Å². The van der Waals surface area contributed by atoms with Gasteiger partial charge < -0.3 is 5.11 Å². The van der Waals surface area contributed by atoms with Crippen LogP contribution in [-0.4, -0.2) is 24.4 Å². The molecule has 0 radical (unpaired) electrons. The molecule has 0 aliphatic rings. The number of nitro benzene ring substituents is 1. The number of sulfonamides is 1. The summed E-state index contributed by atoms with van der Waals surface area (Å²) < 4.78 is 27.4. The Hall–Kier alpha value is -2.94. The fourth-order valence-electron chi connectivity index (χ4n) is 2.26. The number of rotatable bonds is 5. The lowest BCUT2D eigenvalue weighted by atomic mass is 10.1. The van der Waals surface area contributed by atoms with Gasteiger partial charge in [-0.2, -0.15) is 0 Å². The molecule has 0 saturated heterocycles. The summed E-state index contributed by atoms with van der Waals surface area (Å²) in [6.45, 7) is 4.93. The first-order valence-corrected chi connectivity index (χ1v) is 8.63. The van der Waals surface area contributed by atoms with E-state index >= 15 is 0 Å². The summed E-state index contributed by atoms with van der Waals surface area (Å²) in [5.41, 5.74) is 0.804. The minimum absolute atomic E-state index is 0.161. The molecule has 2 aromatic rings. The molecule has 0 aromatic heterocycles. The maximum Gasteiger partial charge on any atom is 0.337 e. The van der Waals surface area contributed by atoms with Crippen molar-refractivity contribution in [3.05, 3.63) is 62.7 Å². The molecule has 0 aliphatic heterocycles. The van der Waals surface area contributed by atoms with Crippen molar-refractivity contribution in [2.75, 3.05) is 4.72 Å². The van der Waals surface area contributed by atoms with Crippen LogP contribution in [0.1, 0.15) is 27.0 Å². The Morgan fingerprint density at radius 1 is 1.12 bits per heavy atom. The Balaban J connectivity index is 2.60. The largest absolute Gasteiger partial charge is 0.478 e. The zero-order chi connectivity index (χ0) is 18.9.